The van der Waals surface area contributed by atoms with Crippen molar-refractivity contribution in [1.82, 2.24) is 9.97 Å². The van der Waals surface area contributed by atoms with Gasteiger partial charge in [-0.3, -0.25) is 18.7 Å². The highest BCUT2D eigenvalue weighted by molar-refractivity contribution is 7.86. The number of azo groups is 1. The van der Waals surface area contributed by atoms with Gasteiger partial charge in [0.2, 0.25) is 6.04 Å². The molecule has 0 saturated heterocycles. The van der Waals surface area contributed by atoms with Gasteiger partial charge in [-0.15, -0.1) is 0 Å². The summed E-state index contributed by atoms with van der Waals surface area (Å²) < 4.78 is 65.9. The first-order chi connectivity index (χ1) is 21.5. The number of aromatic nitrogens is 2. The van der Waals surface area contributed by atoms with Crippen LogP contribution in [0.4, 0.5) is 17.1 Å². The zero-order valence-electron chi connectivity index (χ0n) is 22.3. The summed E-state index contributed by atoms with van der Waals surface area (Å²) >= 11 is 11.7. The average Bonchev–Trinajstić information content (AvgIpc) is 3.32. The quantitative estimate of drug-likeness (QED) is 0.151. The summed E-state index contributed by atoms with van der Waals surface area (Å²) in [6.45, 7) is 0. The second-order valence-electron chi connectivity index (χ2n) is 9.15. The topological polar surface area (TPSA) is 258 Å². The maximum absolute atomic E-state index is 13.0. The lowest BCUT2D eigenvalue weighted by Gasteiger charge is -2.12. The van der Waals surface area contributed by atoms with Crippen molar-refractivity contribution in [2.45, 2.75) is 15.8 Å². The van der Waals surface area contributed by atoms with Crippen LogP contribution in [0.25, 0.3) is 11.0 Å². The van der Waals surface area contributed by atoms with Crippen LogP contribution in [0.1, 0.15) is 10.4 Å². The van der Waals surface area contributed by atoms with E-state index in [4.69, 9.17) is 27.8 Å². The fourth-order valence-electron chi connectivity index (χ4n) is 4.01. The number of benzene rings is 3. The minimum absolute atomic E-state index is 0.0319. The van der Waals surface area contributed by atoms with Crippen LogP contribution in [0.3, 0.4) is 0 Å². The molecule has 0 saturated carbocycles. The molecule has 2 amide bonds. The van der Waals surface area contributed by atoms with Crippen LogP contribution in [0.5, 0.6) is 0 Å². The smallest absolute Gasteiger partial charge is 0.355 e. The third-order valence-electron chi connectivity index (χ3n) is 6.13. The van der Waals surface area contributed by atoms with E-state index in [1.54, 1.807) is 0 Å². The Morgan fingerprint density at radius 3 is 2.13 bits per heavy atom. The number of nitrogens with one attached hydrogen (secondary N) is 1. The largest absolute Gasteiger partial charge is 0.477 e. The fraction of sp³-hybridized carbons (Fsp3) is 0.0400. The van der Waals surface area contributed by atoms with Crippen molar-refractivity contribution >= 4 is 95.0 Å². The van der Waals surface area contributed by atoms with Crippen molar-refractivity contribution in [3.05, 3.63) is 76.5 Å². The molecule has 17 nitrogen and oxygen atoms in total. The highest BCUT2D eigenvalue weighted by Gasteiger charge is 2.41. The molecule has 46 heavy (non-hydrogen) atoms. The average molecular weight is 708 g/mol. The lowest BCUT2D eigenvalue weighted by molar-refractivity contribution is -0.130. The maximum Gasteiger partial charge on any atom is 0.355 e. The number of carboxylic acid groups (broad SMARTS) is 1. The number of amides is 2. The summed E-state index contributed by atoms with van der Waals surface area (Å²) in [6.07, 6.45) is 0. The van der Waals surface area contributed by atoms with Crippen molar-refractivity contribution in [2.24, 2.45) is 15.3 Å². The van der Waals surface area contributed by atoms with Gasteiger partial charge in [-0.2, -0.15) is 37.2 Å². The maximum atomic E-state index is 13.0. The Morgan fingerprint density at radius 1 is 0.870 bits per heavy atom. The zero-order chi connectivity index (χ0) is 33.6. The lowest BCUT2D eigenvalue weighted by atomic mass is 10.1. The molecule has 0 radical (unpaired) electrons. The number of rotatable bonds is 8. The Morgan fingerprint density at radius 2 is 1.52 bits per heavy atom. The van der Waals surface area contributed by atoms with Crippen LogP contribution in [-0.2, 0) is 29.8 Å². The van der Waals surface area contributed by atoms with E-state index < -0.39 is 65.3 Å². The minimum Gasteiger partial charge on any atom is -0.477 e. The highest BCUT2D eigenvalue weighted by atomic mass is 35.5. The SMILES string of the molecule is O=C(O)C1=NN(c2ccc(S(=O)(=O)O)cc2)C(=O)[C@@H]1N=Nc1ccc(NC(=O)c2ccc3nc(Cl)c(Cl)nc3c2)cc1S(=O)(=O)O. The summed E-state index contributed by atoms with van der Waals surface area (Å²) in [5.74, 6) is -3.44. The molecule has 236 valence electrons. The molecule has 4 N–H and O–H groups in total. The predicted octanol–water partition coefficient (Wildman–Crippen LogP) is 3.62. The summed E-state index contributed by atoms with van der Waals surface area (Å²) in [5, 5.41) is 23.5. The van der Waals surface area contributed by atoms with Crippen molar-refractivity contribution in [3.8, 4) is 0 Å². The Balaban J connectivity index is 1.41. The molecular formula is C25H15Cl2N7O10S2. The normalized spacial score (nSPS) is 15.4. The molecule has 1 aliphatic rings. The first kappa shape index (κ1) is 32.5. The van der Waals surface area contributed by atoms with Crippen LogP contribution in [-0.4, -0.2) is 70.6 Å². The molecule has 21 heteroatoms. The Bertz CT molecular complexity index is 2250. The lowest BCUT2D eigenvalue weighted by Crippen LogP contribution is -2.33. The molecule has 0 bridgehead atoms. The van der Waals surface area contributed by atoms with E-state index in [0.29, 0.717) is 10.5 Å². The van der Waals surface area contributed by atoms with Crippen LogP contribution < -0.4 is 10.3 Å². The Hall–Kier alpha value is -4.92. The number of carbonyl (C=O) groups is 3. The molecule has 0 fully saturated rings. The number of fused-ring (bicyclic) bond motifs is 1. The fourth-order valence-corrected chi connectivity index (χ4v) is 5.41. The number of anilines is 2. The predicted molar refractivity (Wildman–Crippen MR) is 161 cm³/mol. The van der Waals surface area contributed by atoms with Gasteiger partial charge in [-0.25, -0.2) is 14.8 Å². The summed E-state index contributed by atoms with van der Waals surface area (Å²) in [6, 6.07) is 9.45. The molecule has 1 aliphatic heterocycles. The Labute approximate surface area is 267 Å². The van der Waals surface area contributed by atoms with Crippen molar-refractivity contribution in [3.63, 3.8) is 0 Å². The number of aliphatic carboxylic acids is 1. The first-order valence-corrected chi connectivity index (χ1v) is 15.9. The molecule has 0 spiro atoms. The third-order valence-corrected chi connectivity index (χ3v) is 8.50. The van der Waals surface area contributed by atoms with Gasteiger partial charge in [0.15, 0.2) is 16.0 Å². The van der Waals surface area contributed by atoms with E-state index in [1.807, 2.05) is 0 Å². The van der Waals surface area contributed by atoms with Gasteiger partial charge >= 0.3 is 5.97 Å². The summed E-state index contributed by atoms with van der Waals surface area (Å²) in [5.41, 5.74) is -0.857. The molecule has 2 heterocycles. The van der Waals surface area contributed by atoms with E-state index in [1.165, 1.54) is 24.3 Å². The highest BCUT2D eigenvalue weighted by Crippen LogP contribution is 2.30. The van der Waals surface area contributed by atoms with Crippen molar-refractivity contribution < 1.29 is 45.4 Å². The van der Waals surface area contributed by atoms with Crippen LogP contribution in [0, 0.1) is 0 Å². The first-order valence-electron chi connectivity index (χ1n) is 12.2. The summed E-state index contributed by atoms with van der Waals surface area (Å²) in [4.78, 5) is 44.4. The van der Waals surface area contributed by atoms with Gasteiger partial charge in [0.1, 0.15) is 10.6 Å². The van der Waals surface area contributed by atoms with Crippen molar-refractivity contribution in [2.75, 3.05) is 10.3 Å². The molecule has 3 aromatic carbocycles. The molecule has 1 atom stereocenters. The molecule has 1 aromatic heterocycles. The number of hydrogen-bond donors (Lipinski definition) is 4. The number of halogens is 2. The van der Waals surface area contributed by atoms with Crippen LogP contribution in [0.15, 0.2) is 85.8 Å². The van der Waals surface area contributed by atoms with Gasteiger partial charge in [0, 0.05) is 11.3 Å². The molecule has 0 unspecified atom stereocenters. The standard InChI is InChI=1S/C25H15Cl2N7O10S2/c26-21-22(27)30-17-9-11(1-7-15(17)29-21)23(35)28-12-2-8-16(18(10-12)46(42,43)44)31-32-19-20(25(37)38)33-34(24(19)36)13-3-5-14(6-4-13)45(39,40)41/h1-10,19H,(H,28,35)(H,37,38)(H,39,40,41)(H,42,43,44)/t19-/m1/s1. The van der Waals surface area contributed by atoms with Gasteiger partial charge in [-0.05, 0) is 60.7 Å². The summed E-state index contributed by atoms with van der Waals surface area (Å²) in [7, 11) is -9.57. The van der Waals surface area contributed by atoms with Crippen LogP contribution >= 0.6 is 23.2 Å². The van der Waals surface area contributed by atoms with Gasteiger partial charge in [0.25, 0.3) is 32.1 Å². The second kappa shape index (κ2) is 12.1. The monoisotopic (exact) mass is 707 g/mol. The van der Waals surface area contributed by atoms with Gasteiger partial charge in [0.05, 0.1) is 21.6 Å². The number of hydrazone groups is 1. The van der Waals surface area contributed by atoms with Crippen molar-refractivity contribution in [1.29, 1.82) is 0 Å². The number of hydrogen-bond acceptors (Lipinski definition) is 12. The van der Waals surface area contributed by atoms with Gasteiger partial charge < -0.3 is 10.4 Å². The Kier molecular flexibility index (Phi) is 8.55. The molecular weight excluding hydrogens is 693 g/mol. The van der Waals surface area contributed by atoms with E-state index in [9.17, 15) is 40.9 Å². The zero-order valence-corrected chi connectivity index (χ0v) is 25.5. The second-order valence-corrected chi connectivity index (χ2v) is 12.7. The molecule has 4 aromatic rings. The van der Waals surface area contributed by atoms with E-state index >= 15 is 0 Å². The minimum atomic E-state index is -5.01. The van der Waals surface area contributed by atoms with E-state index in [-0.39, 0.29) is 32.8 Å². The molecule has 5 rings (SSSR count). The molecule has 0 aliphatic carbocycles. The number of carbonyl (C=O) groups excluding carboxylic acids is 2. The number of nitrogens with zero attached hydrogens (tertiary/aromatic N) is 6. The van der Waals surface area contributed by atoms with Gasteiger partial charge in [-0.1, -0.05) is 23.2 Å². The third kappa shape index (κ3) is 6.68. The number of carboxylic acids is 1. The van der Waals surface area contributed by atoms with E-state index in [2.05, 4.69) is 30.6 Å². The van der Waals surface area contributed by atoms with E-state index in [0.717, 1.165) is 36.4 Å². The van der Waals surface area contributed by atoms with Crippen LogP contribution in [0.2, 0.25) is 10.3 Å².